The SMILES string of the molecule is C#CCOC(=O)CCOc1ccc(Oc2ncc(Cl)cc2F)cc1. The van der Waals surface area contributed by atoms with Gasteiger partial charge in [-0.1, -0.05) is 17.5 Å². The van der Waals surface area contributed by atoms with Crippen molar-refractivity contribution in [1.29, 1.82) is 0 Å². The predicted molar refractivity (Wildman–Crippen MR) is 85.6 cm³/mol. The molecule has 0 saturated heterocycles. The Labute approximate surface area is 143 Å². The number of halogens is 2. The zero-order valence-corrected chi connectivity index (χ0v) is 13.3. The molecule has 0 aliphatic rings. The molecule has 0 amide bonds. The maximum Gasteiger partial charge on any atom is 0.310 e. The normalized spacial score (nSPS) is 9.88. The second kappa shape index (κ2) is 8.75. The number of rotatable bonds is 7. The number of pyridine rings is 1. The van der Waals surface area contributed by atoms with Gasteiger partial charge in [-0.15, -0.1) is 6.42 Å². The van der Waals surface area contributed by atoms with E-state index in [1.165, 1.54) is 6.20 Å². The smallest absolute Gasteiger partial charge is 0.310 e. The number of terminal acetylenes is 1. The standard InChI is InChI=1S/C17H13ClFNO4/c1-2-8-23-16(21)7-9-22-13-3-5-14(6-4-13)24-17-15(19)10-12(18)11-20-17/h1,3-6,10-11H,7-9H2. The zero-order valence-electron chi connectivity index (χ0n) is 12.5. The molecule has 7 heteroatoms. The van der Waals surface area contributed by atoms with Crippen LogP contribution in [0.1, 0.15) is 6.42 Å². The van der Waals surface area contributed by atoms with Gasteiger partial charge < -0.3 is 14.2 Å². The number of hydrogen-bond acceptors (Lipinski definition) is 5. The van der Waals surface area contributed by atoms with Crippen molar-refractivity contribution in [3.05, 3.63) is 47.4 Å². The first-order chi connectivity index (χ1) is 11.6. The Bertz CT molecular complexity index is 743. The molecule has 24 heavy (non-hydrogen) atoms. The summed E-state index contributed by atoms with van der Waals surface area (Å²) in [5, 5.41) is 0.185. The van der Waals surface area contributed by atoms with Crippen LogP contribution in [0.3, 0.4) is 0 Å². The van der Waals surface area contributed by atoms with Crippen LogP contribution in [0.5, 0.6) is 17.4 Å². The Morgan fingerprint density at radius 2 is 2.00 bits per heavy atom. The number of ether oxygens (including phenoxy) is 3. The van der Waals surface area contributed by atoms with Gasteiger partial charge in [-0.05, 0) is 30.3 Å². The van der Waals surface area contributed by atoms with Crippen molar-refractivity contribution in [2.75, 3.05) is 13.2 Å². The van der Waals surface area contributed by atoms with Crippen molar-refractivity contribution < 1.29 is 23.4 Å². The topological polar surface area (TPSA) is 57.7 Å². The summed E-state index contributed by atoms with van der Waals surface area (Å²) in [5.41, 5.74) is 0. The molecule has 124 valence electrons. The number of carbonyl (C=O) groups is 1. The van der Waals surface area contributed by atoms with Gasteiger partial charge in [0.15, 0.2) is 12.4 Å². The Hall–Kier alpha value is -2.78. The maximum atomic E-state index is 13.6. The van der Waals surface area contributed by atoms with Gasteiger partial charge in [-0.25, -0.2) is 9.37 Å². The Balaban J connectivity index is 1.84. The fourth-order valence-corrected chi connectivity index (χ4v) is 1.78. The van der Waals surface area contributed by atoms with Crippen LogP contribution >= 0.6 is 11.6 Å². The van der Waals surface area contributed by atoms with E-state index in [0.29, 0.717) is 11.5 Å². The average Bonchev–Trinajstić information content (AvgIpc) is 2.57. The molecule has 1 heterocycles. The van der Waals surface area contributed by atoms with E-state index in [1.807, 2.05) is 0 Å². The molecule has 0 saturated carbocycles. The van der Waals surface area contributed by atoms with Gasteiger partial charge in [0.1, 0.15) is 11.5 Å². The first-order valence-electron chi connectivity index (χ1n) is 6.89. The molecule has 2 aromatic rings. The van der Waals surface area contributed by atoms with Crippen LogP contribution < -0.4 is 9.47 Å². The summed E-state index contributed by atoms with van der Waals surface area (Å²) in [6.45, 7) is 0.0944. The molecule has 0 unspecified atom stereocenters. The predicted octanol–water partition coefficient (Wildman–Crippen LogP) is 3.61. The highest BCUT2D eigenvalue weighted by atomic mass is 35.5. The average molecular weight is 350 g/mol. The summed E-state index contributed by atoms with van der Waals surface area (Å²) in [4.78, 5) is 15.0. The molecular formula is C17H13ClFNO4. The summed E-state index contributed by atoms with van der Waals surface area (Å²) in [7, 11) is 0. The van der Waals surface area contributed by atoms with E-state index >= 15 is 0 Å². The largest absolute Gasteiger partial charge is 0.493 e. The van der Waals surface area contributed by atoms with Gasteiger partial charge >= 0.3 is 5.97 Å². The van der Waals surface area contributed by atoms with E-state index in [4.69, 9.17) is 32.2 Å². The molecule has 0 N–H and O–H groups in total. The molecule has 0 spiro atoms. The summed E-state index contributed by atoms with van der Waals surface area (Å²) in [6.07, 6.45) is 6.35. The minimum Gasteiger partial charge on any atom is -0.493 e. The van der Waals surface area contributed by atoms with Crippen LogP contribution in [-0.2, 0) is 9.53 Å². The molecule has 0 fully saturated rings. The van der Waals surface area contributed by atoms with E-state index in [2.05, 4.69) is 10.9 Å². The van der Waals surface area contributed by atoms with Crippen LogP contribution in [0.2, 0.25) is 5.02 Å². The van der Waals surface area contributed by atoms with Gasteiger partial charge in [-0.2, -0.15) is 0 Å². The summed E-state index contributed by atoms with van der Waals surface area (Å²) in [5.74, 6) is 1.84. The van der Waals surface area contributed by atoms with E-state index in [9.17, 15) is 9.18 Å². The highest BCUT2D eigenvalue weighted by Crippen LogP contribution is 2.25. The summed E-state index contributed by atoms with van der Waals surface area (Å²) < 4.78 is 29.0. The third-order valence-electron chi connectivity index (χ3n) is 2.70. The van der Waals surface area contributed by atoms with E-state index in [1.54, 1.807) is 24.3 Å². The lowest BCUT2D eigenvalue weighted by Gasteiger charge is -2.08. The molecule has 0 atom stereocenters. The monoisotopic (exact) mass is 349 g/mol. The van der Waals surface area contributed by atoms with Crippen LogP contribution in [0.4, 0.5) is 4.39 Å². The van der Waals surface area contributed by atoms with Gasteiger partial charge in [0, 0.05) is 6.20 Å². The fraction of sp³-hybridized carbons (Fsp3) is 0.176. The molecule has 2 rings (SSSR count). The third kappa shape index (κ3) is 5.45. The Morgan fingerprint density at radius 3 is 2.67 bits per heavy atom. The van der Waals surface area contributed by atoms with E-state index in [-0.39, 0.29) is 30.5 Å². The highest BCUT2D eigenvalue weighted by molar-refractivity contribution is 6.30. The van der Waals surface area contributed by atoms with Crippen molar-refractivity contribution in [3.8, 4) is 29.7 Å². The lowest BCUT2D eigenvalue weighted by Crippen LogP contribution is -2.09. The number of carbonyl (C=O) groups excluding carboxylic acids is 1. The van der Waals surface area contributed by atoms with E-state index < -0.39 is 11.8 Å². The van der Waals surface area contributed by atoms with Crippen LogP contribution in [0, 0.1) is 18.2 Å². The number of esters is 1. The van der Waals surface area contributed by atoms with Crippen LogP contribution in [0.25, 0.3) is 0 Å². The van der Waals surface area contributed by atoms with Crippen molar-refractivity contribution in [2.24, 2.45) is 0 Å². The fourth-order valence-electron chi connectivity index (χ4n) is 1.64. The first kappa shape index (κ1) is 17.6. The number of hydrogen-bond donors (Lipinski definition) is 0. The number of nitrogens with zero attached hydrogens (tertiary/aromatic N) is 1. The summed E-state index contributed by atoms with van der Waals surface area (Å²) in [6, 6.07) is 7.52. The maximum absolute atomic E-state index is 13.6. The Morgan fingerprint density at radius 1 is 1.29 bits per heavy atom. The summed E-state index contributed by atoms with van der Waals surface area (Å²) >= 11 is 5.62. The quantitative estimate of drug-likeness (QED) is 0.564. The zero-order chi connectivity index (χ0) is 17.4. The molecule has 0 radical (unpaired) electrons. The lowest BCUT2D eigenvalue weighted by atomic mass is 10.3. The highest BCUT2D eigenvalue weighted by Gasteiger charge is 2.08. The lowest BCUT2D eigenvalue weighted by molar-refractivity contribution is -0.142. The second-order valence-corrected chi connectivity index (χ2v) is 4.91. The van der Waals surface area contributed by atoms with Crippen molar-refractivity contribution >= 4 is 17.6 Å². The molecule has 0 aliphatic carbocycles. The molecule has 5 nitrogen and oxygen atoms in total. The minimum absolute atomic E-state index is 0.0554. The van der Waals surface area contributed by atoms with Crippen molar-refractivity contribution in [1.82, 2.24) is 4.98 Å². The molecule has 1 aromatic heterocycles. The Kier molecular flexibility index (Phi) is 6.41. The van der Waals surface area contributed by atoms with Gasteiger partial charge in [0.2, 0.25) is 0 Å². The van der Waals surface area contributed by atoms with Gasteiger partial charge in [-0.3, -0.25) is 4.79 Å². The first-order valence-corrected chi connectivity index (χ1v) is 7.27. The van der Waals surface area contributed by atoms with Crippen LogP contribution in [-0.4, -0.2) is 24.2 Å². The van der Waals surface area contributed by atoms with Gasteiger partial charge in [0.05, 0.1) is 18.1 Å². The number of benzene rings is 1. The van der Waals surface area contributed by atoms with Crippen LogP contribution in [0.15, 0.2) is 36.5 Å². The third-order valence-corrected chi connectivity index (χ3v) is 2.91. The number of aromatic nitrogens is 1. The second-order valence-electron chi connectivity index (χ2n) is 4.48. The van der Waals surface area contributed by atoms with Gasteiger partial charge in [0.25, 0.3) is 5.88 Å². The van der Waals surface area contributed by atoms with E-state index in [0.717, 1.165) is 6.07 Å². The molecular weight excluding hydrogens is 337 g/mol. The molecule has 1 aromatic carbocycles. The molecule has 0 bridgehead atoms. The minimum atomic E-state index is -0.659. The van der Waals surface area contributed by atoms with Crippen molar-refractivity contribution in [3.63, 3.8) is 0 Å². The van der Waals surface area contributed by atoms with Crippen molar-refractivity contribution in [2.45, 2.75) is 6.42 Å². The molecule has 0 aliphatic heterocycles.